The van der Waals surface area contributed by atoms with Gasteiger partial charge < -0.3 is 29.3 Å². The van der Waals surface area contributed by atoms with Crippen molar-refractivity contribution >= 4 is 48.1 Å². The Kier molecular flexibility index (Phi) is 9.26. The number of phenols is 1. The smallest absolute Gasteiger partial charge is 0.319 e. The summed E-state index contributed by atoms with van der Waals surface area (Å²) in [6.45, 7) is 11.7. The summed E-state index contributed by atoms with van der Waals surface area (Å²) in [6.07, 6.45) is 2.68. The largest absolute Gasteiger partial charge is 0.508 e. The number of aromatic nitrogens is 2. The first kappa shape index (κ1) is 34.0. The molecule has 260 valence electrons. The highest BCUT2D eigenvalue weighted by atomic mass is 31.0. The molecule has 1 aromatic heterocycles. The number of anilines is 1. The minimum absolute atomic E-state index is 0.0342. The number of halogens is 1. The Balaban J connectivity index is 1.56. The van der Waals surface area contributed by atoms with Gasteiger partial charge in [0.25, 0.3) is 0 Å². The third kappa shape index (κ3) is 6.36. The molecule has 2 fully saturated rings. The maximum absolute atomic E-state index is 15.4. The van der Waals surface area contributed by atoms with Crippen molar-refractivity contribution in [2.24, 2.45) is 10.9 Å². The SMILES string of the molecule is CCc1c(F)ccc2cc(O)cc(-c3c(P)c4nc(OCC5COCCN5C)nc(N5CCOCC(C)(O)C5)c4c4c3=NC(C)C(C)C=4)c12. The van der Waals surface area contributed by atoms with Gasteiger partial charge in [0.05, 0.1) is 61.3 Å². The van der Waals surface area contributed by atoms with E-state index in [0.29, 0.717) is 68.4 Å². The lowest BCUT2D eigenvalue weighted by atomic mass is 9.89. The highest BCUT2D eigenvalue weighted by molar-refractivity contribution is 7.29. The van der Waals surface area contributed by atoms with Crippen LogP contribution in [0.1, 0.15) is 33.3 Å². The predicted molar refractivity (Wildman–Crippen MR) is 193 cm³/mol. The third-order valence-corrected chi connectivity index (χ3v) is 10.7. The molecule has 0 bridgehead atoms. The Morgan fingerprint density at radius 2 is 1.92 bits per heavy atom. The van der Waals surface area contributed by atoms with Gasteiger partial charge in [0.1, 0.15) is 29.6 Å². The first-order valence-electron chi connectivity index (χ1n) is 17.1. The first-order valence-corrected chi connectivity index (χ1v) is 17.7. The number of hydrogen-bond donors (Lipinski definition) is 2. The average molecular weight is 690 g/mol. The van der Waals surface area contributed by atoms with E-state index < -0.39 is 5.60 Å². The van der Waals surface area contributed by atoms with E-state index in [2.05, 4.69) is 46.0 Å². The van der Waals surface area contributed by atoms with Gasteiger partial charge in [0.15, 0.2) is 0 Å². The molecule has 0 radical (unpaired) electrons. The van der Waals surface area contributed by atoms with Gasteiger partial charge in [-0.2, -0.15) is 9.97 Å². The second kappa shape index (κ2) is 13.3. The first-order chi connectivity index (χ1) is 23.5. The van der Waals surface area contributed by atoms with Crippen molar-refractivity contribution in [1.82, 2.24) is 14.9 Å². The van der Waals surface area contributed by atoms with Gasteiger partial charge in [-0.3, -0.25) is 9.89 Å². The minimum atomic E-state index is -1.11. The number of likely N-dealkylation sites (N-methyl/N-ethyl adjacent to an activating group) is 1. The van der Waals surface area contributed by atoms with Crippen LogP contribution < -0.4 is 25.5 Å². The van der Waals surface area contributed by atoms with E-state index in [1.54, 1.807) is 25.1 Å². The monoisotopic (exact) mass is 689 g/mol. The number of hydrogen-bond acceptors (Lipinski definition) is 10. The Hall–Kier alpha value is -3.47. The van der Waals surface area contributed by atoms with Gasteiger partial charge in [-0.05, 0) is 73.3 Å². The molecule has 3 aromatic carbocycles. The normalized spacial score (nSPS) is 24.7. The van der Waals surface area contributed by atoms with E-state index in [0.717, 1.165) is 44.1 Å². The average Bonchev–Trinajstić information content (AvgIpc) is 3.25. The Labute approximate surface area is 287 Å². The summed E-state index contributed by atoms with van der Waals surface area (Å²) in [5, 5.41) is 26.9. The van der Waals surface area contributed by atoms with Gasteiger partial charge in [-0.25, -0.2) is 4.39 Å². The van der Waals surface area contributed by atoms with Gasteiger partial charge in [0, 0.05) is 29.2 Å². The van der Waals surface area contributed by atoms with E-state index in [4.69, 9.17) is 29.2 Å². The molecule has 7 rings (SSSR count). The van der Waals surface area contributed by atoms with Gasteiger partial charge in [0.2, 0.25) is 0 Å². The van der Waals surface area contributed by atoms with Crippen LogP contribution >= 0.6 is 9.24 Å². The Morgan fingerprint density at radius 1 is 1.12 bits per heavy atom. The zero-order chi connectivity index (χ0) is 34.6. The van der Waals surface area contributed by atoms with Crippen LogP contribution in [0, 0.1) is 11.7 Å². The molecule has 0 amide bonds. The molecule has 2 saturated heterocycles. The number of fused-ring (bicyclic) bond motifs is 4. The second-order valence-corrected chi connectivity index (χ2v) is 14.5. The molecule has 0 spiro atoms. The summed E-state index contributed by atoms with van der Waals surface area (Å²) in [7, 11) is 4.92. The predicted octanol–water partition coefficient (Wildman–Crippen LogP) is 3.09. The van der Waals surface area contributed by atoms with Crippen molar-refractivity contribution in [2.75, 3.05) is 64.6 Å². The molecule has 5 unspecified atom stereocenters. The fourth-order valence-corrected chi connectivity index (χ4v) is 7.77. The van der Waals surface area contributed by atoms with Crippen LogP contribution in [0.3, 0.4) is 0 Å². The molecule has 3 aliphatic heterocycles. The molecule has 2 N–H and O–H groups in total. The molecular weight excluding hydrogens is 644 g/mol. The number of benzene rings is 3. The lowest BCUT2D eigenvalue weighted by molar-refractivity contribution is -0.0126. The van der Waals surface area contributed by atoms with Crippen molar-refractivity contribution in [3.63, 3.8) is 0 Å². The van der Waals surface area contributed by atoms with Gasteiger partial charge >= 0.3 is 6.01 Å². The van der Waals surface area contributed by atoms with E-state index in [1.807, 2.05) is 6.92 Å². The zero-order valence-electron chi connectivity index (χ0n) is 28.8. The minimum Gasteiger partial charge on any atom is -0.508 e. The van der Waals surface area contributed by atoms with Crippen LogP contribution in [-0.4, -0.2) is 102 Å². The molecule has 49 heavy (non-hydrogen) atoms. The summed E-state index contributed by atoms with van der Waals surface area (Å²) in [4.78, 5) is 19.6. The maximum Gasteiger partial charge on any atom is 0.319 e. The van der Waals surface area contributed by atoms with E-state index >= 15 is 4.39 Å². The Morgan fingerprint density at radius 3 is 2.69 bits per heavy atom. The molecule has 4 aromatic rings. The van der Waals surface area contributed by atoms with Crippen molar-refractivity contribution in [2.45, 2.75) is 51.8 Å². The van der Waals surface area contributed by atoms with E-state index in [9.17, 15) is 10.2 Å². The fourth-order valence-electron chi connectivity index (χ4n) is 7.27. The van der Waals surface area contributed by atoms with Crippen LogP contribution in [0.4, 0.5) is 10.2 Å². The quantitative estimate of drug-likeness (QED) is 0.295. The van der Waals surface area contributed by atoms with Gasteiger partial charge in [-0.1, -0.05) is 26.0 Å². The van der Waals surface area contributed by atoms with Crippen LogP contribution in [0.15, 0.2) is 29.3 Å². The van der Waals surface area contributed by atoms with Crippen molar-refractivity contribution in [1.29, 1.82) is 0 Å². The molecule has 3 aliphatic rings. The van der Waals surface area contributed by atoms with Crippen LogP contribution in [0.25, 0.3) is 38.9 Å². The number of nitrogens with zero attached hydrogens (tertiary/aromatic N) is 5. The number of aryl methyl sites for hydroxylation is 1. The number of morpholine rings is 1. The summed E-state index contributed by atoms with van der Waals surface area (Å²) in [5.41, 5.74) is 1.53. The number of phenolic OH excluding ortho intramolecular Hbond substituents is 1. The van der Waals surface area contributed by atoms with Crippen molar-refractivity contribution in [3.05, 3.63) is 46.2 Å². The molecule has 0 aliphatic carbocycles. The lowest BCUT2D eigenvalue weighted by Crippen LogP contribution is -2.46. The number of ether oxygens (including phenoxy) is 3. The molecular formula is C37H45FN5O5P. The van der Waals surface area contributed by atoms with Gasteiger partial charge in [-0.15, -0.1) is 9.24 Å². The number of β-amino-alcohol motifs (C(OH)–C–C–N with tert-alkyl or cyclic N) is 1. The standard InChI is InChI=1S/C37H45FN5O5P/c1-6-25-28(38)8-7-22-14-24(44)15-26(29(22)25)30-32-27(13-20(2)21(3)39-32)31-33(34(30)49)40-36(48-17-23-16-46-11-9-42(23)5)41-35(31)43-10-12-47-19-37(4,45)18-43/h7-8,13-15,20-21,23,44-45H,6,9-12,16-19,49H2,1-5H3. The van der Waals surface area contributed by atoms with Crippen LogP contribution in [0.2, 0.25) is 0 Å². The number of aromatic hydroxyl groups is 1. The van der Waals surface area contributed by atoms with E-state index in [1.165, 1.54) is 6.07 Å². The summed E-state index contributed by atoms with van der Waals surface area (Å²) < 4.78 is 33.3. The van der Waals surface area contributed by atoms with E-state index in [-0.39, 0.29) is 42.2 Å². The molecule has 4 heterocycles. The topological polar surface area (TPSA) is 113 Å². The highest BCUT2D eigenvalue weighted by Crippen LogP contribution is 2.37. The zero-order valence-corrected chi connectivity index (χ0v) is 29.9. The maximum atomic E-state index is 15.4. The third-order valence-electron chi connectivity index (χ3n) is 10.1. The number of rotatable bonds is 6. The lowest BCUT2D eigenvalue weighted by Gasteiger charge is -2.32. The summed E-state index contributed by atoms with van der Waals surface area (Å²) >= 11 is 0. The summed E-state index contributed by atoms with van der Waals surface area (Å²) in [6, 6.07) is 6.75. The molecule has 12 heteroatoms. The molecule has 0 saturated carbocycles. The Bertz CT molecular complexity index is 2060. The molecule has 5 atom stereocenters. The number of aliphatic hydroxyl groups is 1. The highest BCUT2D eigenvalue weighted by Gasteiger charge is 2.32. The van der Waals surface area contributed by atoms with Crippen molar-refractivity contribution < 1.29 is 28.8 Å². The fraction of sp³-hybridized carbons (Fsp3) is 0.486. The van der Waals surface area contributed by atoms with Crippen molar-refractivity contribution in [3.8, 4) is 22.9 Å². The summed E-state index contributed by atoms with van der Waals surface area (Å²) in [5.74, 6) is 0.512. The second-order valence-electron chi connectivity index (χ2n) is 14.0. The molecule has 10 nitrogen and oxygen atoms in total. The van der Waals surface area contributed by atoms with Crippen LogP contribution in [0.5, 0.6) is 11.8 Å². The van der Waals surface area contributed by atoms with Crippen LogP contribution in [-0.2, 0) is 15.9 Å².